The van der Waals surface area contributed by atoms with Gasteiger partial charge in [0.1, 0.15) is 22.8 Å². The number of likely N-dealkylation sites (tertiary alicyclic amines) is 1. The third-order valence-corrected chi connectivity index (χ3v) is 5.27. The molecule has 2 aliphatic heterocycles. The van der Waals surface area contributed by atoms with E-state index in [1.54, 1.807) is 13.0 Å². The maximum atomic E-state index is 14.3. The van der Waals surface area contributed by atoms with Gasteiger partial charge in [-0.1, -0.05) is 22.8 Å². The molecule has 2 saturated heterocycles. The quantitative estimate of drug-likeness (QED) is 0.862. The van der Waals surface area contributed by atoms with Crippen LogP contribution in [0, 0.1) is 24.6 Å². The van der Waals surface area contributed by atoms with E-state index in [0.717, 1.165) is 13.1 Å². The highest BCUT2D eigenvalue weighted by Gasteiger charge is 2.40. The van der Waals surface area contributed by atoms with Crippen LogP contribution in [0.15, 0.2) is 22.7 Å². The Morgan fingerprint density at radius 3 is 2.68 bits per heavy atom. The number of hydrogen-bond donors (Lipinski definition) is 1. The van der Waals surface area contributed by atoms with Gasteiger partial charge in [0, 0.05) is 26.2 Å². The van der Waals surface area contributed by atoms with Gasteiger partial charge in [-0.2, -0.15) is 0 Å². The second-order valence-corrected chi connectivity index (χ2v) is 6.85. The second-order valence-electron chi connectivity index (χ2n) is 6.45. The van der Waals surface area contributed by atoms with Crippen molar-refractivity contribution < 1.29 is 13.7 Å². The van der Waals surface area contributed by atoms with E-state index >= 15 is 0 Å². The molecule has 0 bridgehead atoms. The van der Waals surface area contributed by atoms with Gasteiger partial charge in [-0.25, -0.2) is 4.39 Å². The number of benzene rings is 1. The Morgan fingerprint density at radius 1 is 1.36 bits per heavy atom. The van der Waals surface area contributed by atoms with Gasteiger partial charge in [0.05, 0.1) is 10.6 Å². The number of amides is 1. The number of carbonyl (C=O) groups excluding carboxylic acids is 1. The van der Waals surface area contributed by atoms with E-state index in [2.05, 4.69) is 10.5 Å². The van der Waals surface area contributed by atoms with Crippen LogP contribution in [0.25, 0.3) is 11.3 Å². The summed E-state index contributed by atoms with van der Waals surface area (Å²) in [6.45, 7) is 4.93. The third kappa shape index (κ3) is 3.03. The van der Waals surface area contributed by atoms with Crippen molar-refractivity contribution in [2.45, 2.75) is 6.92 Å². The Labute approximate surface area is 155 Å². The monoisotopic (exact) mass is 385 g/mol. The average Bonchev–Trinajstić information content (AvgIpc) is 3.21. The number of fused-ring (bicyclic) bond motifs is 1. The van der Waals surface area contributed by atoms with Crippen LogP contribution in [-0.2, 0) is 0 Å². The van der Waals surface area contributed by atoms with E-state index in [0.29, 0.717) is 36.2 Å². The van der Waals surface area contributed by atoms with Crippen molar-refractivity contribution in [3.8, 4) is 11.3 Å². The molecular weight excluding hydrogens is 368 g/mol. The molecule has 0 aliphatic carbocycles. The van der Waals surface area contributed by atoms with Gasteiger partial charge in [0.15, 0.2) is 0 Å². The topological polar surface area (TPSA) is 58.4 Å². The van der Waals surface area contributed by atoms with Crippen molar-refractivity contribution in [3.05, 3.63) is 40.4 Å². The van der Waals surface area contributed by atoms with Gasteiger partial charge in [-0.15, -0.1) is 12.4 Å². The fourth-order valence-electron chi connectivity index (χ4n) is 3.70. The first-order valence-electron chi connectivity index (χ1n) is 7.97. The van der Waals surface area contributed by atoms with Crippen molar-refractivity contribution in [3.63, 3.8) is 0 Å². The zero-order valence-electron chi connectivity index (χ0n) is 13.6. The van der Waals surface area contributed by atoms with Crippen molar-refractivity contribution in [1.82, 2.24) is 15.4 Å². The molecule has 2 aliphatic rings. The number of aryl methyl sites for hydroxylation is 1. The number of aromatic nitrogens is 1. The molecule has 1 N–H and O–H groups in total. The lowest BCUT2D eigenvalue weighted by Gasteiger charge is -2.17. The van der Waals surface area contributed by atoms with Crippen LogP contribution >= 0.6 is 24.0 Å². The van der Waals surface area contributed by atoms with E-state index in [4.69, 9.17) is 16.1 Å². The molecule has 0 saturated carbocycles. The zero-order chi connectivity index (χ0) is 16.8. The molecule has 2 atom stereocenters. The Balaban J connectivity index is 0.00000182. The van der Waals surface area contributed by atoms with Crippen LogP contribution in [0.1, 0.15) is 16.1 Å². The summed E-state index contributed by atoms with van der Waals surface area (Å²) < 4.78 is 19.5. The molecule has 5 nitrogen and oxygen atoms in total. The molecule has 1 aromatic carbocycles. The van der Waals surface area contributed by atoms with Crippen LogP contribution in [0.4, 0.5) is 4.39 Å². The molecule has 25 heavy (non-hydrogen) atoms. The van der Waals surface area contributed by atoms with Crippen LogP contribution in [0.5, 0.6) is 0 Å². The van der Waals surface area contributed by atoms with Crippen molar-refractivity contribution in [2.24, 2.45) is 11.8 Å². The first-order chi connectivity index (χ1) is 11.6. The molecule has 0 radical (unpaired) electrons. The van der Waals surface area contributed by atoms with Gasteiger partial charge >= 0.3 is 0 Å². The summed E-state index contributed by atoms with van der Waals surface area (Å²) in [4.78, 5) is 14.8. The second kappa shape index (κ2) is 6.94. The van der Waals surface area contributed by atoms with Crippen molar-refractivity contribution in [1.29, 1.82) is 0 Å². The molecule has 1 amide bonds. The molecule has 4 rings (SSSR count). The van der Waals surface area contributed by atoms with Crippen molar-refractivity contribution >= 4 is 29.9 Å². The Bertz CT molecular complexity index is 779. The van der Waals surface area contributed by atoms with Gasteiger partial charge < -0.3 is 14.7 Å². The van der Waals surface area contributed by atoms with Gasteiger partial charge in [-0.05, 0) is 30.9 Å². The predicted octanol–water partition coefficient (Wildman–Crippen LogP) is 3.16. The molecule has 2 aromatic rings. The summed E-state index contributed by atoms with van der Waals surface area (Å²) in [6.07, 6.45) is 0. The van der Waals surface area contributed by atoms with E-state index < -0.39 is 5.82 Å². The minimum atomic E-state index is -0.521. The molecule has 3 heterocycles. The van der Waals surface area contributed by atoms with Gasteiger partial charge in [-0.3, -0.25) is 4.79 Å². The minimum Gasteiger partial charge on any atom is -0.360 e. The maximum absolute atomic E-state index is 14.3. The Kier molecular flexibility index (Phi) is 5.04. The van der Waals surface area contributed by atoms with Gasteiger partial charge in [0.25, 0.3) is 5.91 Å². The van der Waals surface area contributed by atoms with E-state index in [-0.39, 0.29) is 34.6 Å². The highest BCUT2D eigenvalue weighted by molar-refractivity contribution is 6.33. The molecule has 2 fully saturated rings. The summed E-state index contributed by atoms with van der Waals surface area (Å²) in [6, 6.07) is 4.39. The van der Waals surface area contributed by atoms with Crippen LogP contribution < -0.4 is 5.32 Å². The van der Waals surface area contributed by atoms with Crippen LogP contribution in [-0.4, -0.2) is 42.1 Å². The van der Waals surface area contributed by atoms with E-state index in [1.165, 1.54) is 12.1 Å². The van der Waals surface area contributed by atoms with Crippen LogP contribution in [0.3, 0.4) is 0 Å². The predicted molar refractivity (Wildman–Crippen MR) is 94.6 cm³/mol. The Hall–Kier alpha value is -1.63. The number of hydrogen-bond acceptors (Lipinski definition) is 4. The number of halogens is 3. The summed E-state index contributed by atoms with van der Waals surface area (Å²) in [5, 5.41) is 7.47. The fourth-order valence-corrected chi connectivity index (χ4v) is 3.95. The zero-order valence-corrected chi connectivity index (χ0v) is 15.2. The SMILES string of the molecule is Cc1onc(-c2c(F)cccc2Cl)c1C(=O)N1C[C@H]2CNC[C@H]2C1.Cl. The lowest BCUT2D eigenvalue weighted by atomic mass is 10.0. The van der Waals surface area contributed by atoms with Crippen molar-refractivity contribution in [2.75, 3.05) is 26.2 Å². The first-order valence-corrected chi connectivity index (χ1v) is 8.34. The van der Waals surface area contributed by atoms with E-state index in [9.17, 15) is 9.18 Å². The number of carbonyl (C=O) groups is 1. The normalized spacial score (nSPS) is 22.0. The number of nitrogens with one attached hydrogen (secondary N) is 1. The van der Waals surface area contributed by atoms with Gasteiger partial charge in [0.2, 0.25) is 0 Å². The largest absolute Gasteiger partial charge is 0.360 e. The first kappa shape index (κ1) is 18.2. The summed E-state index contributed by atoms with van der Waals surface area (Å²) in [7, 11) is 0. The standard InChI is InChI=1S/C17H17ClFN3O2.ClH/c1-9-14(17(23)22-7-10-5-20-6-11(10)8-22)16(21-24-9)15-12(18)3-2-4-13(15)19;/h2-4,10-11,20H,5-8H2,1H3;1H/t10-,11+;. The van der Waals surface area contributed by atoms with E-state index in [1.807, 2.05) is 4.90 Å². The highest BCUT2D eigenvalue weighted by Crippen LogP contribution is 2.35. The van der Waals surface area contributed by atoms with Crippen LogP contribution in [0.2, 0.25) is 5.02 Å². The summed E-state index contributed by atoms with van der Waals surface area (Å²) in [5.74, 6) is 0.651. The average molecular weight is 386 g/mol. The maximum Gasteiger partial charge on any atom is 0.259 e. The lowest BCUT2D eigenvalue weighted by Crippen LogP contribution is -2.32. The Morgan fingerprint density at radius 2 is 2.04 bits per heavy atom. The number of nitrogens with zero attached hydrogens (tertiary/aromatic N) is 2. The minimum absolute atomic E-state index is 0. The summed E-state index contributed by atoms with van der Waals surface area (Å²) in [5.41, 5.74) is 0.589. The molecule has 0 unspecified atom stereocenters. The fraction of sp³-hybridized carbons (Fsp3) is 0.412. The lowest BCUT2D eigenvalue weighted by molar-refractivity contribution is 0.0780. The highest BCUT2D eigenvalue weighted by atomic mass is 35.5. The molecule has 1 aromatic heterocycles. The third-order valence-electron chi connectivity index (χ3n) is 4.95. The molecule has 0 spiro atoms. The molecule has 134 valence electrons. The smallest absolute Gasteiger partial charge is 0.259 e. The molecular formula is C17H18Cl2FN3O2. The summed E-state index contributed by atoms with van der Waals surface area (Å²) >= 11 is 6.13. The molecule has 8 heteroatoms. The number of rotatable bonds is 2.